The minimum absolute atomic E-state index is 0.218. The van der Waals surface area contributed by atoms with Gasteiger partial charge in [0.25, 0.3) is 5.91 Å². The van der Waals surface area contributed by atoms with E-state index >= 15 is 0 Å². The Hall–Kier alpha value is -4.01. The van der Waals surface area contributed by atoms with Crippen molar-refractivity contribution in [3.63, 3.8) is 0 Å². The normalized spacial score (nSPS) is 11.2. The van der Waals surface area contributed by atoms with E-state index in [2.05, 4.69) is 21.1 Å². The van der Waals surface area contributed by atoms with Crippen LogP contribution in [0, 0.1) is 23.3 Å². The van der Waals surface area contributed by atoms with Crippen LogP contribution in [0.2, 0.25) is 0 Å². The number of carbonyl (C=O) groups excluding carboxylic acids is 1. The molecule has 0 aliphatic rings. The summed E-state index contributed by atoms with van der Waals surface area (Å²) in [6, 6.07) is 12.7. The average molecular weight is 414 g/mol. The van der Waals surface area contributed by atoms with E-state index in [1.165, 1.54) is 36.4 Å². The second-order valence-corrected chi connectivity index (χ2v) is 5.92. The second kappa shape index (κ2) is 9.46. The maximum atomic E-state index is 13.5. The van der Waals surface area contributed by atoms with E-state index in [-0.39, 0.29) is 16.7 Å². The SMILES string of the molecule is O=C(N/N=C/c1c(F)cccc1F)c1ccc(N/N=C/c2c(F)cccc2F)cc1. The topological polar surface area (TPSA) is 65.8 Å². The lowest BCUT2D eigenvalue weighted by atomic mass is 10.2. The number of amides is 1. The van der Waals surface area contributed by atoms with Gasteiger partial charge in [-0.15, -0.1) is 0 Å². The molecule has 0 saturated heterocycles. The smallest absolute Gasteiger partial charge is 0.271 e. The van der Waals surface area contributed by atoms with Gasteiger partial charge in [-0.2, -0.15) is 10.2 Å². The minimum atomic E-state index is -0.806. The summed E-state index contributed by atoms with van der Waals surface area (Å²) in [4.78, 5) is 12.0. The maximum absolute atomic E-state index is 13.5. The molecular formula is C21H14F4N4O. The molecule has 0 aromatic heterocycles. The Labute approximate surface area is 168 Å². The van der Waals surface area contributed by atoms with Crippen LogP contribution in [0.5, 0.6) is 0 Å². The lowest BCUT2D eigenvalue weighted by molar-refractivity contribution is 0.0955. The summed E-state index contributed by atoms with van der Waals surface area (Å²) in [6.45, 7) is 0. The molecule has 0 fully saturated rings. The van der Waals surface area contributed by atoms with Crippen LogP contribution < -0.4 is 10.9 Å². The Morgan fingerprint density at radius 2 is 1.17 bits per heavy atom. The first kappa shape index (κ1) is 20.7. The Balaban J connectivity index is 1.59. The van der Waals surface area contributed by atoms with Crippen LogP contribution in [-0.2, 0) is 0 Å². The molecule has 3 aromatic rings. The molecule has 0 heterocycles. The maximum Gasteiger partial charge on any atom is 0.271 e. The van der Waals surface area contributed by atoms with Crippen LogP contribution in [-0.4, -0.2) is 18.3 Å². The molecule has 0 saturated carbocycles. The molecule has 0 unspecified atom stereocenters. The number of benzene rings is 3. The van der Waals surface area contributed by atoms with E-state index in [1.807, 2.05) is 0 Å². The molecule has 3 rings (SSSR count). The number of halogens is 4. The van der Waals surface area contributed by atoms with Crippen molar-refractivity contribution in [2.45, 2.75) is 0 Å². The molecule has 3 aromatic carbocycles. The quantitative estimate of drug-likeness (QED) is 0.356. The molecule has 0 aliphatic carbocycles. The summed E-state index contributed by atoms with van der Waals surface area (Å²) in [5.41, 5.74) is 4.76. The van der Waals surface area contributed by atoms with Gasteiger partial charge in [0.1, 0.15) is 23.3 Å². The monoisotopic (exact) mass is 414 g/mol. The highest BCUT2D eigenvalue weighted by Gasteiger charge is 2.07. The number of anilines is 1. The molecule has 152 valence electrons. The zero-order valence-corrected chi connectivity index (χ0v) is 15.2. The third kappa shape index (κ3) is 5.07. The van der Waals surface area contributed by atoms with Gasteiger partial charge in [0, 0.05) is 5.56 Å². The Bertz CT molecular complexity index is 1070. The third-order valence-electron chi connectivity index (χ3n) is 3.89. The highest BCUT2D eigenvalue weighted by Crippen LogP contribution is 2.12. The summed E-state index contributed by atoms with van der Waals surface area (Å²) in [5.74, 6) is -3.71. The van der Waals surface area contributed by atoms with Crippen LogP contribution in [0.15, 0.2) is 70.9 Å². The van der Waals surface area contributed by atoms with Gasteiger partial charge in [0.05, 0.1) is 29.2 Å². The van der Waals surface area contributed by atoms with E-state index in [1.54, 1.807) is 0 Å². The van der Waals surface area contributed by atoms with Crippen LogP contribution in [0.25, 0.3) is 0 Å². The number of rotatable bonds is 6. The van der Waals surface area contributed by atoms with Gasteiger partial charge in [-0.05, 0) is 48.5 Å². The molecule has 0 bridgehead atoms. The molecule has 5 nitrogen and oxygen atoms in total. The van der Waals surface area contributed by atoms with E-state index in [9.17, 15) is 22.4 Å². The fraction of sp³-hybridized carbons (Fsp3) is 0. The molecule has 9 heteroatoms. The van der Waals surface area contributed by atoms with Gasteiger partial charge in [-0.3, -0.25) is 10.2 Å². The fourth-order valence-corrected chi connectivity index (χ4v) is 2.36. The lowest BCUT2D eigenvalue weighted by Crippen LogP contribution is -2.17. The predicted molar refractivity (Wildman–Crippen MR) is 105 cm³/mol. The van der Waals surface area contributed by atoms with Gasteiger partial charge in [0.15, 0.2) is 0 Å². The number of carbonyl (C=O) groups is 1. The molecule has 30 heavy (non-hydrogen) atoms. The number of hydrazone groups is 2. The van der Waals surface area contributed by atoms with Gasteiger partial charge >= 0.3 is 0 Å². The largest absolute Gasteiger partial charge is 0.279 e. The van der Waals surface area contributed by atoms with Crippen molar-refractivity contribution in [2.75, 3.05) is 5.43 Å². The van der Waals surface area contributed by atoms with Crippen LogP contribution >= 0.6 is 0 Å². The summed E-state index contributed by atoms with van der Waals surface area (Å²) in [5, 5.41) is 7.30. The van der Waals surface area contributed by atoms with E-state index in [4.69, 9.17) is 0 Å². The van der Waals surface area contributed by atoms with Crippen molar-refractivity contribution in [1.29, 1.82) is 0 Å². The zero-order chi connectivity index (χ0) is 21.5. The second-order valence-electron chi connectivity index (χ2n) is 5.92. The Morgan fingerprint density at radius 1 is 0.700 bits per heavy atom. The molecule has 0 spiro atoms. The Morgan fingerprint density at radius 3 is 1.67 bits per heavy atom. The van der Waals surface area contributed by atoms with Gasteiger partial charge in [0.2, 0.25) is 0 Å². The zero-order valence-electron chi connectivity index (χ0n) is 15.2. The van der Waals surface area contributed by atoms with E-state index in [0.29, 0.717) is 5.69 Å². The number of hydrogen-bond donors (Lipinski definition) is 2. The molecular weight excluding hydrogens is 400 g/mol. The van der Waals surface area contributed by atoms with E-state index < -0.39 is 29.2 Å². The number of nitrogens with one attached hydrogen (secondary N) is 2. The summed E-state index contributed by atoms with van der Waals surface area (Å²) in [6.07, 6.45) is 1.87. The molecule has 0 atom stereocenters. The Kier molecular flexibility index (Phi) is 6.53. The first-order valence-corrected chi connectivity index (χ1v) is 8.56. The standard InChI is InChI=1S/C21H14F4N4O/c22-17-3-1-4-18(23)15(17)11-26-28-14-9-7-13(8-10-14)21(30)29-27-12-16-19(24)5-2-6-20(16)25/h1-12,28H,(H,29,30)/b26-11+,27-12+. The average Bonchev–Trinajstić information content (AvgIpc) is 2.73. The van der Waals surface area contributed by atoms with Crippen molar-refractivity contribution in [2.24, 2.45) is 10.2 Å². The summed E-state index contributed by atoms with van der Waals surface area (Å²) < 4.78 is 54.0. The molecule has 0 aliphatic heterocycles. The van der Waals surface area contributed by atoms with Gasteiger partial charge < -0.3 is 0 Å². The van der Waals surface area contributed by atoms with E-state index in [0.717, 1.165) is 36.7 Å². The van der Waals surface area contributed by atoms with Gasteiger partial charge in [-0.25, -0.2) is 23.0 Å². The van der Waals surface area contributed by atoms with Crippen molar-refractivity contribution < 1.29 is 22.4 Å². The van der Waals surface area contributed by atoms with Crippen LogP contribution in [0.4, 0.5) is 23.2 Å². The summed E-state index contributed by atoms with van der Waals surface area (Å²) >= 11 is 0. The molecule has 2 N–H and O–H groups in total. The summed E-state index contributed by atoms with van der Waals surface area (Å²) in [7, 11) is 0. The molecule has 1 amide bonds. The van der Waals surface area contributed by atoms with Gasteiger partial charge in [-0.1, -0.05) is 12.1 Å². The fourth-order valence-electron chi connectivity index (χ4n) is 2.36. The lowest BCUT2D eigenvalue weighted by Gasteiger charge is -2.04. The first-order valence-electron chi connectivity index (χ1n) is 8.56. The van der Waals surface area contributed by atoms with Crippen molar-refractivity contribution in [3.8, 4) is 0 Å². The number of nitrogens with zero attached hydrogens (tertiary/aromatic N) is 2. The van der Waals surface area contributed by atoms with Crippen molar-refractivity contribution >= 4 is 24.0 Å². The minimum Gasteiger partial charge on any atom is -0.279 e. The first-order chi connectivity index (χ1) is 14.5. The highest BCUT2D eigenvalue weighted by molar-refractivity contribution is 5.95. The van der Waals surface area contributed by atoms with Crippen molar-refractivity contribution in [1.82, 2.24) is 5.43 Å². The van der Waals surface area contributed by atoms with Crippen LogP contribution in [0.1, 0.15) is 21.5 Å². The van der Waals surface area contributed by atoms with Crippen molar-refractivity contribution in [3.05, 3.63) is 101 Å². The highest BCUT2D eigenvalue weighted by atomic mass is 19.1. The molecule has 0 radical (unpaired) electrons. The number of hydrogen-bond acceptors (Lipinski definition) is 4. The third-order valence-corrected chi connectivity index (χ3v) is 3.89. The van der Waals surface area contributed by atoms with Crippen LogP contribution in [0.3, 0.4) is 0 Å². The predicted octanol–water partition coefficient (Wildman–Crippen LogP) is 4.45.